The highest BCUT2D eigenvalue weighted by molar-refractivity contribution is 7.22. The average molecular weight is 281 g/mol. The molecule has 1 aromatic heterocycles. The molecule has 0 atom stereocenters. The van der Waals surface area contributed by atoms with Gasteiger partial charge in [0.05, 0.1) is 15.9 Å². The average Bonchev–Trinajstić information content (AvgIpc) is 2.92. The van der Waals surface area contributed by atoms with Gasteiger partial charge in [-0.25, -0.2) is 4.98 Å². The highest BCUT2D eigenvalue weighted by Gasteiger charge is 2.03. The molecule has 0 fully saturated rings. The Kier molecular flexibility index (Phi) is 3.74. The number of hydrogen-bond acceptors (Lipinski definition) is 4. The van der Waals surface area contributed by atoms with Crippen LogP contribution in [0.1, 0.15) is 18.9 Å². The van der Waals surface area contributed by atoms with Crippen molar-refractivity contribution < 1.29 is 0 Å². The van der Waals surface area contributed by atoms with E-state index in [1.54, 1.807) is 11.3 Å². The monoisotopic (exact) mass is 281 g/mol. The van der Waals surface area contributed by atoms with E-state index in [-0.39, 0.29) is 0 Å². The number of thiazole rings is 1. The van der Waals surface area contributed by atoms with Crippen molar-refractivity contribution in [3.05, 3.63) is 60.2 Å². The standard InChI is InChI=1S/C16H15N3S/c1-2-13(12-8-4-3-5-9-12)18-19-16-17-14-10-6-7-11-15(14)20-16/h3-11H,2H2,1H3,(H,17,19)/b18-13+. The second-order valence-electron chi connectivity index (χ2n) is 4.38. The molecular weight excluding hydrogens is 266 g/mol. The van der Waals surface area contributed by atoms with E-state index in [0.717, 1.165) is 28.3 Å². The smallest absolute Gasteiger partial charge is 0.204 e. The number of rotatable bonds is 4. The second kappa shape index (κ2) is 5.84. The Hall–Kier alpha value is -2.20. The largest absolute Gasteiger partial charge is 0.252 e. The number of nitrogens with zero attached hydrogens (tertiary/aromatic N) is 2. The summed E-state index contributed by atoms with van der Waals surface area (Å²) < 4.78 is 1.17. The fourth-order valence-corrected chi connectivity index (χ4v) is 2.82. The Morgan fingerprint density at radius 1 is 1.10 bits per heavy atom. The predicted octanol–water partition coefficient (Wildman–Crippen LogP) is 4.52. The number of para-hydroxylation sites is 1. The molecule has 0 aliphatic heterocycles. The number of hydrogen-bond donors (Lipinski definition) is 1. The summed E-state index contributed by atoms with van der Waals surface area (Å²) in [6, 6.07) is 18.3. The Balaban J connectivity index is 1.84. The van der Waals surface area contributed by atoms with Gasteiger partial charge < -0.3 is 0 Å². The van der Waals surface area contributed by atoms with Crippen LogP contribution in [-0.4, -0.2) is 10.7 Å². The fraction of sp³-hybridized carbons (Fsp3) is 0.125. The van der Waals surface area contributed by atoms with Gasteiger partial charge in [0.25, 0.3) is 0 Å². The third kappa shape index (κ3) is 2.70. The Morgan fingerprint density at radius 3 is 2.60 bits per heavy atom. The van der Waals surface area contributed by atoms with Gasteiger partial charge in [-0.15, -0.1) is 0 Å². The van der Waals surface area contributed by atoms with Gasteiger partial charge in [0, 0.05) is 0 Å². The van der Waals surface area contributed by atoms with Gasteiger partial charge in [0.15, 0.2) is 0 Å². The molecule has 0 bridgehead atoms. The molecule has 0 unspecified atom stereocenters. The minimum atomic E-state index is 0.827. The lowest BCUT2D eigenvalue weighted by Crippen LogP contribution is -2.02. The number of aromatic nitrogens is 1. The van der Waals surface area contributed by atoms with Gasteiger partial charge in [0.2, 0.25) is 5.13 Å². The zero-order valence-corrected chi connectivity index (χ0v) is 12.0. The molecule has 0 aliphatic carbocycles. The van der Waals surface area contributed by atoms with Crippen LogP contribution in [0.2, 0.25) is 0 Å². The van der Waals surface area contributed by atoms with Crippen LogP contribution in [0.5, 0.6) is 0 Å². The third-order valence-electron chi connectivity index (χ3n) is 3.02. The normalized spacial score (nSPS) is 11.8. The Morgan fingerprint density at radius 2 is 1.85 bits per heavy atom. The number of anilines is 1. The van der Waals surface area contributed by atoms with E-state index in [1.807, 2.05) is 36.4 Å². The zero-order chi connectivity index (χ0) is 13.8. The summed E-state index contributed by atoms with van der Waals surface area (Å²) >= 11 is 1.62. The SMILES string of the molecule is CC/C(=N\Nc1nc2ccccc2s1)c1ccccc1. The maximum absolute atomic E-state index is 4.51. The van der Waals surface area contributed by atoms with Crippen molar-refractivity contribution in [1.29, 1.82) is 0 Å². The lowest BCUT2D eigenvalue weighted by molar-refractivity contribution is 1.21. The second-order valence-corrected chi connectivity index (χ2v) is 5.41. The van der Waals surface area contributed by atoms with E-state index in [2.05, 4.69) is 40.6 Å². The molecule has 0 radical (unpaired) electrons. The van der Waals surface area contributed by atoms with Crippen molar-refractivity contribution in [1.82, 2.24) is 4.98 Å². The van der Waals surface area contributed by atoms with Crippen LogP contribution in [0.3, 0.4) is 0 Å². The summed E-state index contributed by atoms with van der Waals surface area (Å²) in [4.78, 5) is 4.51. The molecular formula is C16H15N3S. The van der Waals surface area contributed by atoms with Crippen LogP contribution in [0, 0.1) is 0 Å². The van der Waals surface area contributed by atoms with Crippen LogP contribution in [0.25, 0.3) is 10.2 Å². The van der Waals surface area contributed by atoms with Crippen molar-refractivity contribution in [3.8, 4) is 0 Å². The summed E-state index contributed by atoms with van der Waals surface area (Å²) in [6.45, 7) is 2.10. The Bertz CT molecular complexity index is 699. The number of nitrogens with one attached hydrogen (secondary N) is 1. The molecule has 0 spiro atoms. The first-order valence-electron chi connectivity index (χ1n) is 6.60. The number of benzene rings is 2. The van der Waals surface area contributed by atoms with Gasteiger partial charge in [-0.3, -0.25) is 5.43 Å². The van der Waals surface area contributed by atoms with Gasteiger partial charge in [-0.05, 0) is 24.1 Å². The molecule has 1 N–H and O–H groups in total. The van der Waals surface area contributed by atoms with Crippen LogP contribution >= 0.6 is 11.3 Å². The third-order valence-corrected chi connectivity index (χ3v) is 3.96. The van der Waals surface area contributed by atoms with E-state index >= 15 is 0 Å². The van der Waals surface area contributed by atoms with Crippen LogP contribution < -0.4 is 5.43 Å². The van der Waals surface area contributed by atoms with E-state index in [4.69, 9.17) is 0 Å². The molecule has 0 aliphatic rings. The molecule has 3 rings (SSSR count). The van der Waals surface area contributed by atoms with Crippen LogP contribution in [-0.2, 0) is 0 Å². The van der Waals surface area contributed by atoms with Gasteiger partial charge in [0.1, 0.15) is 0 Å². The highest BCUT2D eigenvalue weighted by Crippen LogP contribution is 2.25. The van der Waals surface area contributed by atoms with Crippen LogP contribution in [0.4, 0.5) is 5.13 Å². The van der Waals surface area contributed by atoms with E-state index in [0.29, 0.717) is 0 Å². The summed E-state index contributed by atoms with van der Waals surface area (Å²) in [5, 5.41) is 5.32. The predicted molar refractivity (Wildman–Crippen MR) is 86.5 cm³/mol. The molecule has 0 saturated carbocycles. The lowest BCUT2D eigenvalue weighted by Gasteiger charge is -2.03. The first-order valence-corrected chi connectivity index (χ1v) is 7.42. The van der Waals surface area contributed by atoms with Crippen molar-refractivity contribution in [3.63, 3.8) is 0 Å². The maximum atomic E-state index is 4.51. The summed E-state index contributed by atoms with van der Waals surface area (Å²) in [6.07, 6.45) is 0.877. The molecule has 20 heavy (non-hydrogen) atoms. The highest BCUT2D eigenvalue weighted by atomic mass is 32.1. The first-order chi connectivity index (χ1) is 9.86. The van der Waals surface area contributed by atoms with E-state index in [1.165, 1.54) is 4.70 Å². The fourth-order valence-electron chi connectivity index (χ4n) is 2.01. The van der Waals surface area contributed by atoms with E-state index in [9.17, 15) is 0 Å². The summed E-state index contributed by atoms with van der Waals surface area (Å²) in [7, 11) is 0. The maximum Gasteiger partial charge on any atom is 0.204 e. The van der Waals surface area contributed by atoms with Crippen molar-refractivity contribution in [2.24, 2.45) is 5.10 Å². The van der Waals surface area contributed by atoms with Crippen LogP contribution in [0.15, 0.2) is 59.7 Å². The lowest BCUT2D eigenvalue weighted by atomic mass is 10.1. The number of hydrazone groups is 1. The van der Waals surface area contributed by atoms with Gasteiger partial charge in [-0.2, -0.15) is 5.10 Å². The first kappa shape index (κ1) is 12.8. The molecule has 0 saturated heterocycles. The zero-order valence-electron chi connectivity index (χ0n) is 11.2. The van der Waals surface area contributed by atoms with Gasteiger partial charge in [-0.1, -0.05) is 60.7 Å². The van der Waals surface area contributed by atoms with Crippen molar-refractivity contribution in [2.75, 3.05) is 5.43 Å². The quantitative estimate of drug-likeness (QED) is 0.564. The minimum absolute atomic E-state index is 0.827. The molecule has 2 aromatic carbocycles. The van der Waals surface area contributed by atoms with Crippen molar-refractivity contribution >= 4 is 32.4 Å². The molecule has 3 aromatic rings. The van der Waals surface area contributed by atoms with Gasteiger partial charge >= 0.3 is 0 Å². The Labute approximate surface area is 122 Å². The summed E-state index contributed by atoms with van der Waals surface area (Å²) in [5.74, 6) is 0. The molecule has 0 amide bonds. The topological polar surface area (TPSA) is 37.3 Å². The van der Waals surface area contributed by atoms with E-state index < -0.39 is 0 Å². The minimum Gasteiger partial charge on any atom is -0.252 e. The molecule has 3 nitrogen and oxygen atoms in total. The molecule has 1 heterocycles. The summed E-state index contributed by atoms with van der Waals surface area (Å²) in [5.41, 5.74) is 6.26. The molecule has 100 valence electrons. The number of fused-ring (bicyclic) bond motifs is 1. The molecule has 4 heteroatoms. The van der Waals surface area contributed by atoms with Crippen molar-refractivity contribution in [2.45, 2.75) is 13.3 Å².